The summed E-state index contributed by atoms with van der Waals surface area (Å²) in [5, 5.41) is 8.83. The molecule has 0 bridgehead atoms. The maximum atomic E-state index is 9.85. The summed E-state index contributed by atoms with van der Waals surface area (Å²) >= 11 is 18.2. The molecule has 0 aliphatic heterocycles. The number of amides is 1. The molecule has 0 radical (unpaired) electrons. The van der Waals surface area contributed by atoms with Crippen LogP contribution in [0.25, 0.3) is 16.9 Å². The molecular weight excluding hydrogens is 455 g/mol. The number of aromatic nitrogens is 3. The fraction of sp³-hybridized carbons (Fsp3) is 0.0870. The molecule has 0 unspecified atom stereocenters. The van der Waals surface area contributed by atoms with Crippen molar-refractivity contribution in [2.75, 3.05) is 0 Å². The van der Waals surface area contributed by atoms with Crippen molar-refractivity contribution in [3.63, 3.8) is 0 Å². The molecule has 2 aromatic carbocycles. The first-order valence-electron chi connectivity index (χ1n) is 9.31. The smallest absolute Gasteiger partial charge is 0.207 e. The first kappa shape index (κ1) is 22.8. The van der Waals surface area contributed by atoms with Gasteiger partial charge in [-0.3, -0.25) is 9.78 Å². The average Bonchev–Trinajstić information content (AvgIpc) is 3.15. The summed E-state index contributed by atoms with van der Waals surface area (Å²) < 4.78 is 1.82. The Hall–Kier alpha value is -2.86. The molecule has 0 saturated carbocycles. The van der Waals surface area contributed by atoms with Gasteiger partial charge in [-0.05, 0) is 54.4 Å². The van der Waals surface area contributed by atoms with E-state index in [0.717, 1.165) is 28.1 Å². The minimum absolute atomic E-state index is 0.553. The number of hydrogen-bond donors (Lipinski definition) is 1. The molecule has 0 saturated heterocycles. The Morgan fingerprint density at radius 3 is 2.39 bits per heavy atom. The van der Waals surface area contributed by atoms with Crippen molar-refractivity contribution >= 4 is 41.2 Å². The van der Waals surface area contributed by atoms with E-state index in [1.165, 1.54) is 0 Å². The van der Waals surface area contributed by atoms with E-state index in [1.54, 1.807) is 24.5 Å². The van der Waals surface area contributed by atoms with Crippen molar-refractivity contribution < 1.29 is 4.79 Å². The van der Waals surface area contributed by atoms with Crippen molar-refractivity contribution in [3.8, 4) is 16.9 Å². The third-order valence-electron chi connectivity index (χ3n) is 4.32. The van der Waals surface area contributed by atoms with Crippen LogP contribution in [0.15, 0.2) is 73.2 Å². The summed E-state index contributed by atoms with van der Waals surface area (Å²) in [4.78, 5) is 13.7. The highest BCUT2D eigenvalue weighted by Gasteiger charge is 2.14. The van der Waals surface area contributed by atoms with Crippen LogP contribution in [0.3, 0.4) is 0 Å². The van der Waals surface area contributed by atoms with Gasteiger partial charge in [0.25, 0.3) is 0 Å². The van der Waals surface area contributed by atoms with Gasteiger partial charge in [0, 0.05) is 34.5 Å². The second-order valence-electron chi connectivity index (χ2n) is 6.55. The van der Waals surface area contributed by atoms with Crippen molar-refractivity contribution in [1.29, 1.82) is 0 Å². The van der Waals surface area contributed by atoms with Crippen molar-refractivity contribution in [2.24, 2.45) is 0 Å². The minimum Gasteiger partial charge on any atom is -0.355 e. The van der Waals surface area contributed by atoms with Crippen molar-refractivity contribution in [3.05, 3.63) is 99.4 Å². The van der Waals surface area contributed by atoms with Gasteiger partial charge in [0.2, 0.25) is 6.41 Å². The van der Waals surface area contributed by atoms with Crippen LogP contribution in [0, 0.1) is 6.92 Å². The first-order chi connectivity index (χ1) is 15.0. The van der Waals surface area contributed by atoms with Crippen LogP contribution in [0.5, 0.6) is 0 Å². The number of rotatable bonds is 5. The lowest BCUT2D eigenvalue weighted by Crippen LogP contribution is -2.09. The van der Waals surface area contributed by atoms with Gasteiger partial charge in [0.15, 0.2) is 0 Å². The van der Waals surface area contributed by atoms with Crippen molar-refractivity contribution in [1.82, 2.24) is 20.1 Å². The summed E-state index contributed by atoms with van der Waals surface area (Å²) in [5.74, 6) is 0. The lowest BCUT2D eigenvalue weighted by atomic mass is 10.1. The van der Waals surface area contributed by atoms with E-state index >= 15 is 0 Å². The number of benzene rings is 2. The van der Waals surface area contributed by atoms with Gasteiger partial charge < -0.3 is 5.32 Å². The van der Waals surface area contributed by atoms with Crippen LogP contribution in [-0.2, 0) is 11.3 Å². The van der Waals surface area contributed by atoms with E-state index in [4.69, 9.17) is 34.8 Å². The third-order valence-corrected chi connectivity index (χ3v) is 5.11. The quantitative estimate of drug-likeness (QED) is 0.354. The van der Waals surface area contributed by atoms with Crippen LogP contribution in [0.1, 0.15) is 11.1 Å². The number of pyridine rings is 1. The van der Waals surface area contributed by atoms with Gasteiger partial charge in [-0.1, -0.05) is 53.0 Å². The molecule has 4 rings (SSSR count). The van der Waals surface area contributed by atoms with E-state index in [2.05, 4.69) is 15.4 Å². The van der Waals surface area contributed by atoms with Crippen LogP contribution >= 0.6 is 34.8 Å². The number of nitrogens with zero attached hydrogens (tertiary/aromatic N) is 3. The third kappa shape index (κ3) is 6.07. The van der Waals surface area contributed by atoms with E-state index in [1.807, 2.05) is 60.3 Å². The molecule has 0 fully saturated rings. The highest BCUT2D eigenvalue weighted by Crippen LogP contribution is 2.31. The fourth-order valence-electron chi connectivity index (χ4n) is 2.89. The summed E-state index contributed by atoms with van der Waals surface area (Å²) in [7, 11) is 0. The zero-order valence-corrected chi connectivity index (χ0v) is 18.9. The number of carbonyl (C=O) groups is 1. The normalized spacial score (nSPS) is 10.2. The second kappa shape index (κ2) is 11.0. The Morgan fingerprint density at radius 2 is 1.74 bits per heavy atom. The fourth-order valence-corrected chi connectivity index (χ4v) is 3.50. The summed E-state index contributed by atoms with van der Waals surface area (Å²) in [6.45, 7) is 2.56. The van der Waals surface area contributed by atoms with E-state index in [9.17, 15) is 4.79 Å². The lowest BCUT2D eigenvalue weighted by Gasteiger charge is -2.11. The van der Waals surface area contributed by atoms with Gasteiger partial charge in [0.1, 0.15) is 0 Å². The molecule has 0 spiro atoms. The van der Waals surface area contributed by atoms with Crippen LogP contribution in [-0.4, -0.2) is 21.2 Å². The van der Waals surface area contributed by atoms with Crippen LogP contribution in [0.4, 0.5) is 0 Å². The maximum Gasteiger partial charge on any atom is 0.207 e. The number of aryl methyl sites for hydroxylation is 1. The Morgan fingerprint density at radius 1 is 1.00 bits per heavy atom. The van der Waals surface area contributed by atoms with E-state index in [0.29, 0.717) is 28.0 Å². The molecule has 1 amide bonds. The van der Waals surface area contributed by atoms with Gasteiger partial charge in [-0.25, -0.2) is 4.68 Å². The predicted molar refractivity (Wildman–Crippen MR) is 126 cm³/mol. The van der Waals surface area contributed by atoms with E-state index in [-0.39, 0.29) is 0 Å². The predicted octanol–water partition coefficient (Wildman–Crippen LogP) is 6.14. The van der Waals surface area contributed by atoms with E-state index < -0.39 is 0 Å². The highest BCUT2D eigenvalue weighted by atomic mass is 35.5. The lowest BCUT2D eigenvalue weighted by molar-refractivity contribution is -0.109. The molecule has 158 valence electrons. The van der Waals surface area contributed by atoms with Gasteiger partial charge in [0.05, 0.1) is 22.6 Å². The molecule has 1 N–H and O–H groups in total. The number of nitrogens with one attached hydrogen (secondary N) is 1. The van der Waals surface area contributed by atoms with Crippen molar-refractivity contribution in [2.45, 2.75) is 13.5 Å². The van der Waals surface area contributed by atoms with Gasteiger partial charge in [-0.15, -0.1) is 0 Å². The highest BCUT2D eigenvalue weighted by molar-refractivity contribution is 6.35. The molecule has 8 heteroatoms. The molecule has 4 aromatic rings. The summed E-state index contributed by atoms with van der Waals surface area (Å²) in [5.41, 5.74) is 4.87. The van der Waals surface area contributed by atoms with Crippen LogP contribution in [0.2, 0.25) is 15.1 Å². The maximum absolute atomic E-state index is 9.85. The van der Waals surface area contributed by atoms with Crippen LogP contribution < -0.4 is 5.32 Å². The Kier molecular flexibility index (Phi) is 8.06. The van der Waals surface area contributed by atoms with Gasteiger partial charge >= 0.3 is 0 Å². The minimum atomic E-state index is 0.553. The molecule has 2 aromatic heterocycles. The molecule has 2 heterocycles. The first-order valence-corrected chi connectivity index (χ1v) is 10.4. The molecule has 31 heavy (non-hydrogen) atoms. The Labute approximate surface area is 195 Å². The van der Waals surface area contributed by atoms with Gasteiger partial charge in [-0.2, -0.15) is 5.10 Å². The molecular formula is C23H19Cl3N4O. The molecule has 0 atom stereocenters. The number of halogens is 3. The Balaban J connectivity index is 0.000000229. The Bertz CT molecular complexity index is 1150. The summed E-state index contributed by atoms with van der Waals surface area (Å²) in [6.07, 6.45) is 5.91. The second-order valence-corrected chi connectivity index (χ2v) is 7.83. The average molecular weight is 474 g/mol. The molecule has 5 nitrogen and oxygen atoms in total. The number of carbonyl (C=O) groups excluding carboxylic acids is 1. The molecule has 0 aliphatic carbocycles. The SMILES string of the molecule is Cc1cnn(-c2ccc(Cl)cc2Cl)c1-c1ccc(Cl)cc1.O=CNCc1cccnc1. The summed E-state index contributed by atoms with van der Waals surface area (Å²) in [6, 6.07) is 16.8. The zero-order chi connectivity index (χ0) is 22.2. The monoisotopic (exact) mass is 472 g/mol. The standard InChI is InChI=1S/C16H11Cl3N2.C7H8N2O/c1-10-9-20-21(15-7-6-13(18)8-14(15)19)16(10)11-2-4-12(17)5-3-11;10-6-9-5-7-2-1-3-8-4-7/h2-9H,1H3;1-4,6H,5H2,(H,9,10). The number of hydrogen-bond acceptors (Lipinski definition) is 3. The topological polar surface area (TPSA) is 59.8 Å². The largest absolute Gasteiger partial charge is 0.355 e. The zero-order valence-electron chi connectivity index (χ0n) is 16.6. The molecule has 0 aliphatic rings.